The fourth-order valence-corrected chi connectivity index (χ4v) is 2.35. The molecule has 0 spiro atoms. The van der Waals surface area contributed by atoms with Crippen molar-refractivity contribution in [1.29, 1.82) is 0 Å². The summed E-state index contributed by atoms with van der Waals surface area (Å²) in [5.74, 6) is -0.592. The lowest BCUT2D eigenvalue weighted by atomic mass is 10.2. The van der Waals surface area contributed by atoms with Crippen molar-refractivity contribution < 1.29 is 14.3 Å². The Balaban J connectivity index is 2.55. The molecule has 0 fully saturated rings. The molecule has 1 aromatic heterocycles. The molecule has 0 aliphatic carbocycles. The zero-order chi connectivity index (χ0) is 13.5. The number of aromatic nitrogens is 2. The van der Waals surface area contributed by atoms with Crippen molar-refractivity contribution in [3.05, 3.63) is 10.6 Å². The molecule has 0 aliphatic heterocycles. The zero-order valence-electron chi connectivity index (χ0n) is 10.1. The summed E-state index contributed by atoms with van der Waals surface area (Å²) in [6, 6.07) is 0. The molecule has 1 N–H and O–H groups in total. The van der Waals surface area contributed by atoms with Gasteiger partial charge in [-0.25, -0.2) is 0 Å². The van der Waals surface area contributed by atoms with E-state index in [1.54, 1.807) is 0 Å². The monoisotopic (exact) mass is 383 g/mol. The maximum Gasteiger partial charge on any atom is 0.320 e. The predicted molar refractivity (Wildman–Crippen MR) is 76.1 cm³/mol. The predicted octanol–water partition coefficient (Wildman–Crippen LogP) is 1.20. The van der Waals surface area contributed by atoms with Gasteiger partial charge >= 0.3 is 5.97 Å². The van der Waals surface area contributed by atoms with Gasteiger partial charge in [0.1, 0.15) is 8.80 Å². The second-order valence-corrected chi connectivity index (χ2v) is 5.76. The zero-order valence-corrected chi connectivity index (χ0v) is 13.1. The van der Waals surface area contributed by atoms with Crippen molar-refractivity contribution in [3.8, 4) is 0 Å². The van der Waals surface area contributed by atoms with Crippen LogP contribution in [0.2, 0.25) is 0 Å². The molecule has 6 nitrogen and oxygen atoms in total. The maximum absolute atomic E-state index is 11.9. The van der Waals surface area contributed by atoms with Gasteiger partial charge in [-0.2, -0.15) is 0 Å². The minimum atomic E-state index is -0.396. The molecule has 0 saturated carbocycles. The van der Waals surface area contributed by atoms with Crippen LogP contribution in [0.3, 0.4) is 0 Å². The Morgan fingerprint density at radius 2 is 2.28 bits per heavy atom. The van der Waals surface area contributed by atoms with Crippen LogP contribution >= 0.6 is 34.1 Å². The molecule has 0 radical (unpaired) electrons. The number of rotatable bonds is 6. The molecular formula is C10H14IN3O3S. The van der Waals surface area contributed by atoms with E-state index in [0.717, 1.165) is 24.4 Å². The number of esters is 1. The summed E-state index contributed by atoms with van der Waals surface area (Å²) in [6.45, 7) is 2.24. The third kappa shape index (κ3) is 4.16. The molecule has 0 aromatic carbocycles. The number of hydrogen-bond acceptors (Lipinski definition) is 6. The van der Waals surface area contributed by atoms with E-state index in [-0.39, 0.29) is 18.4 Å². The Morgan fingerprint density at radius 3 is 2.89 bits per heavy atom. The lowest BCUT2D eigenvalue weighted by Gasteiger charge is -2.08. The summed E-state index contributed by atoms with van der Waals surface area (Å²) in [6.07, 6.45) is 1.63. The Kier molecular flexibility index (Phi) is 6.47. The van der Waals surface area contributed by atoms with Crippen LogP contribution in [-0.4, -0.2) is 39.0 Å². The molecule has 1 atom stereocenters. The van der Waals surface area contributed by atoms with Gasteiger partial charge < -0.3 is 10.1 Å². The molecule has 100 valence electrons. The number of amides is 1. The Bertz CT molecular complexity index is 424. The molecule has 1 unspecified atom stereocenters. The Labute approximate surface area is 123 Å². The fraction of sp³-hybridized carbons (Fsp3) is 0.600. The average Bonchev–Trinajstić information content (AvgIpc) is 2.83. The summed E-state index contributed by atoms with van der Waals surface area (Å²) in [7, 11) is 1.32. The van der Waals surface area contributed by atoms with E-state index in [4.69, 9.17) is 0 Å². The molecule has 0 saturated heterocycles. The van der Waals surface area contributed by atoms with E-state index >= 15 is 0 Å². The molecule has 18 heavy (non-hydrogen) atoms. The highest BCUT2D eigenvalue weighted by Gasteiger charge is 2.19. The van der Waals surface area contributed by atoms with E-state index in [1.165, 1.54) is 7.11 Å². The summed E-state index contributed by atoms with van der Waals surface area (Å²) >= 11 is 3.00. The lowest BCUT2D eigenvalue weighted by molar-refractivity contribution is -0.139. The van der Waals surface area contributed by atoms with Gasteiger partial charge in [-0.1, -0.05) is 40.4 Å². The third-order valence-electron chi connectivity index (χ3n) is 2.15. The number of aryl methyl sites for hydroxylation is 1. The van der Waals surface area contributed by atoms with Crippen molar-refractivity contribution in [2.45, 2.75) is 23.7 Å². The highest BCUT2D eigenvalue weighted by Crippen LogP contribution is 2.12. The minimum absolute atomic E-state index is 0.232. The van der Waals surface area contributed by atoms with E-state index < -0.39 is 3.92 Å². The number of methoxy groups -OCH3 is 1. The van der Waals surface area contributed by atoms with Crippen LogP contribution in [0, 0.1) is 0 Å². The third-order valence-corrected chi connectivity index (χ3v) is 3.86. The van der Waals surface area contributed by atoms with E-state index in [2.05, 4.69) is 19.6 Å². The van der Waals surface area contributed by atoms with Crippen LogP contribution in [0.25, 0.3) is 0 Å². The number of halogens is 1. The Morgan fingerprint density at radius 1 is 1.56 bits per heavy atom. The molecule has 1 rings (SSSR count). The first kappa shape index (κ1) is 15.3. The van der Waals surface area contributed by atoms with Crippen molar-refractivity contribution in [2.24, 2.45) is 0 Å². The van der Waals surface area contributed by atoms with Crippen molar-refractivity contribution in [3.63, 3.8) is 0 Å². The van der Waals surface area contributed by atoms with Crippen LogP contribution in [0.4, 0.5) is 0 Å². The summed E-state index contributed by atoms with van der Waals surface area (Å²) in [5, 5.41) is 6.60. The summed E-state index contributed by atoms with van der Waals surface area (Å²) in [4.78, 5) is 23.6. The van der Waals surface area contributed by atoms with Gasteiger partial charge in [0, 0.05) is 6.54 Å². The standard InChI is InChI=1S/C10H14IN3O3S/c1-3-4-7-8(18-14-13-7)9(15)12-5-6(11)10(16)17-2/h6H,3-5H2,1-2H3,(H,12,15). The van der Waals surface area contributed by atoms with Gasteiger partial charge in [-0.15, -0.1) is 5.10 Å². The molecule has 0 bridgehead atoms. The number of carbonyl (C=O) groups excluding carboxylic acids is 2. The molecule has 0 aliphatic rings. The fourth-order valence-electron chi connectivity index (χ4n) is 1.26. The van der Waals surface area contributed by atoms with Gasteiger partial charge in [0.2, 0.25) is 0 Å². The van der Waals surface area contributed by atoms with Crippen LogP contribution in [-0.2, 0) is 16.0 Å². The number of hydrogen-bond donors (Lipinski definition) is 1. The van der Waals surface area contributed by atoms with Crippen LogP contribution in [0.15, 0.2) is 0 Å². The van der Waals surface area contributed by atoms with Crippen LogP contribution < -0.4 is 5.32 Å². The maximum atomic E-state index is 11.9. The van der Waals surface area contributed by atoms with Gasteiger partial charge in [0.15, 0.2) is 0 Å². The number of nitrogens with zero attached hydrogens (tertiary/aromatic N) is 2. The molecule has 1 aromatic rings. The SMILES string of the molecule is CCCc1nnsc1C(=O)NCC(I)C(=O)OC. The highest BCUT2D eigenvalue weighted by molar-refractivity contribution is 14.1. The lowest BCUT2D eigenvalue weighted by Crippen LogP contribution is -2.33. The second kappa shape index (κ2) is 7.62. The van der Waals surface area contributed by atoms with Gasteiger partial charge in [0.05, 0.1) is 12.8 Å². The number of carbonyl (C=O) groups is 2. The number of nitrogens with one attached hydrogen (secondary N) is 1. The second-order valence-electron chi connectivity index (χ2n) is 3.50. The van der Waals surface area contributed by atoms with Crippen LogP contribution in [0.1, 0.15) is 28.7 Å². The molecule has 8 heteroatoms. The van der Waals surface area contributed by atoms with Crippen LogP contribution in [0.5, 0.6) is 0 Å². The van der Waals surface area contributed by atoms with Gasteiger partial charge in [-0.3, -0.25) is 9.59 Å². The molecule has 1 heterocycles. The number of ether oxygens (including phenoxy) is 1. The van der Waals surface area contributed by atoms with E-state index in [9.17, 15) is 9.59 Å². The van der Waals surface area contributed by atoms with Gasteiger partial charge in [-0.05, 0) is 18.0 Å². The van der Waals surface area contributed by atoms with E-state index in [0.29, 0.717) is 10.6 Å². The largest absolute Gasteiger partial charge is 0.468 e. The first-order chi connectivity index (χ1) is 8.60. The first-order valence-corrected chi connectivity index (χ1v) is 7.43. The minimum Gasteiger partial charge on any atom is -0.468 e. The van der Waals surface area contributed by atoms with Crippen molar-refractivity contribution >= 4 is 46.0 Å². The average molecular weight is 383 g/mol. The topological polar surface area (TPSA) is 81.2 Å². The molecular weight excluding hydrogens is 369 g/mol. The van der Waals surface area contributed by atoms with E-state index in [1.807, 2.05) is 29.5 Å². The smallest absolute Gasteiger partial charge is 0.320 e. The summed E-state index contributed by atoms with van der Waals surface area (Å²) < 4.78 is 7.96. The molecule has 1 amide bonds. The quantitative estimate of drug-likeness (QED) is 0.454. The Hall–Kier alpha value is -0.770. The highest BCUT2D eigenvalue weighted by atomic mass is 127. The first-order valence-electron chi connectivity index (χ1n) is 5.41. The van der Waals surface area contributed by atoms with Crippen molar-refractivity contribution in [1.82, 2.24) is 14.9 Å². The van der Waals surface area contributed by atoms with Crippen molar-refractivity contribution in [2.75, 3.05) is 13.7 Å². The normalized spacial score (nSPS) is 11.9. The summed E-state index contributed by atoms with van der Waals surface area (Å²) in [5.41, 5.74) is 0.711. The van der Waals surface area contributed by atoms with Gasteiger partial charge in [0.25, 0.3) is 5.91 Å². The number of alkyl halides is 1.